The van der Waals surface area contributed by atoms with Gasteiger partial charge in [-0.1, -0.05) is 34.5 Å². The van der Waals surface area contributed by atoms with Gasteiger partial charge < -0.3 is 4.74 Å². The molecule has 1 amide bonds. The Bertz CT molecular complexity index is 1030. The van der Waals surface area contributed by atoms with E-state index in [1.165, 1.54) is 11.3 Å². The first-order valence-electron chi connectivity index (χ1n) is 9.96. The van der Waals surface area contributed by atoms with E-state index in [4.69, 9.17) is 32.9 Å². The largest absolute Gasteiger partial charge is 0.379 e. The topological polar surface area (TPSA) is 45.7 Å². The lowest BCUT2D eigenvalue weighted by molar-refractivity contribution is 0.0376. The second-order valence-corrected chi connectivity index (χ2v) is 9.14. The zero-order valence-corrected chi connectivity index (χ0v) is 19.1. The fourth-order valence-corrected chi connectivity index (χ4v) is 4.84. The van der Waals surface area contributed by atoms with Crippen molar-refractivity contribution in [1.29, 1.82) is 0 Å². The van der Waals surface area contributed by atoms with Crippen molar-refractivity contribution in [3.8, 4) is 0 Å². The van der Waals surface area contributed by atoms with Crippen LogP contribution in [0.25, 0.3) is 10.2 Å². The number of carbonyl (C=O) groups excluding carboxylic acids is 1. The standard InChI is InChI=1S/C22H23Cl2N3O2S/c1-15-18(24)7-8-19-20(15)25-22(30-19)27(10-2-9-26-11-13-29-14-12-26)21(28)16-3-5-17(23)6-4-16/h3-8H,2,9-14H2,1H3. The number of carbonyl (C=O) groups is 1. The Labute approximate surface area is 190 Å². The molecule has 8 heteroatoms. The fourth-order valence-electron chi connectivity index (χ4n) is 3.51. The van der Waals surface area contributed by atoms with E-state index in [0.717, 1.165) is 55.0 Å². The van der Waals surface area contributed by atoms with E-state index >= 15 is 0 Å². The van der Waals surface area contributed by atoms with E-state index in [2.05, 4.69) is 4.90 Å². The monoisotopic (exact) mass is 463 g/mol. The molecule has 3 aromatic rings. The highest BCUT2D eigenvalue weighted by Crippen LogP contribution is 2.34. The summed E-state index contributed by atoms with van der Waals surface area (Å²) >= 11 is 13.8. The molecule has 4 rings (SSSR count). The highest BCUT2D eigenvalue weighted by Gasteiger charge is 2.22. The Hall–Kier alpha value is -1.70. The molecule has 1 saturated heterocycles. The fraction of sp³-hybridized carbons (Fsp3) is 0.364. The number of aryl methyl sites for hydroxylation is 1. The number of hydrogen-bond donors (Lipinski definition) is 0. The molecule has 0 aliphatic carbocycles. The normalized spacial score (nSPS) is 14.9. The SMILES string of the molecule is Cc1c(Cl)ccc2sc(N(CCCN3CCOCC3)C(=O)c3ccc(Cl)cc3)nc12. The lowest BCUT2D eigenvalue weighted by atomic mass is 10.2. The molecule has 0 bridgehead atoms. The van der Waals surface area contributed by atoms with Crippen LogP contribution in [0.5, 0.6) is 0 Å². The third-order valence-electron chi connectivity index (χ3n) is 5.26. The molecule has 0 spiro atoms. The van der Waals surface area contributed by atoms with Crippen LogP contribution in [0.2, 0.25) is 10.0 Å². The van der Waals surface area contributed by atoms with E-state index in [-0.39, 0.29) is 5.91 Å². The smallest absolute Gasteiger partial charge is 0.260 e. The minimum absolute atomic E-state index is 0.0727. The van der Waals surface area contributed by atoms with E-state index in [1.807, 2.05) is 19.1 Å². The van der Waals surface area contributed by atoms with Crippen LogP contribution in [0.3, 0.4) is 0 Å². The summed E-state index contributed by atoms with van der Waals surface area (Å²) < 4.78 is 6.44. The van der Waals surface area contributed by atoms with Gasteiger partial charge in [0.05, 0.1) is 23.4 Å². The average molecular weight is 464 g/mol. The quantitative estimate of drug-likeness (QED) is 0.498. The van der Waals surface area contributed by atoms with Gasteiger partial charge in [0, 0.05) is 41.8 Å². The third-order valence-corrected chi connectivity index (χ3v) is 6.97. The van der Waals surface area contributed by atoms with Crippen LogP contribution in [-0.4, -0.2) is 55.2 Å². The molecule has 0 atom stereocenters. The Kier molecular flexibility index (Phi) is 6.91. The molecule has 0 saturated carbocycles. The summed E-state index contributed by atoms with van der Waals surface area (Å²) in [5, 5.41) is 1.98. The predicted molar refractivity (Wildman–Crippen MR) is 124 cm³/mol. The molecule has 5 nitrogen and oxygen atoms in total. The van der Waals surface area contributed by atoms with E-state index in [1.54, 1.807) is 29.2 Å². The van der Waals surface area contributed by atoms with Crippen LogP contribution in [0.15, 0.2) is 36.4 Å². The molecule has 2 heterocycles. The lowest BCUT2D eigenvalue weighted by Crippen LogP contribution is -2.39. The molecule has 2 aromatic carbocycles. The number of amides is 1. The molecule has 1 fully saturated rings. The molecule has 0 radical (unpaired) electrons. The minimum atomic E-state index is -0.0727. The first kappa shape index (κ1) is 21.5. The summed E-state index contributed by atoms with van der Waals surface area (Å²) in [6.07, 6.45) is 0.856. The zero-order chi connectivity index (χ0) is 21.1. The summed E-state index contributed by atoms with van der Waals surface area (Å²) in [5.74, 6) is -0.0727. The van der Waals surface area contributed by atoms with Gasteiger partial charge in [0.1, 0.15) is 0 Å². The van der Waals surface area contributed by atoms with Crippen LogP contribution >= 0.6 is 34.5 Å². The van der Waals surface area contributed by atoms with Gasteiger partial charge in [0.2, 0.25) is 0 Å². The number of benzene rings is 2. The minimum Gasteiger partial charge on any atom is -0.379 e. The first-order valence-corrected chi connectivity index (χ1v) is 11.5. The Morgan fingerprint density at radius 3 is 2.63 bits per heavy atom. The van der Waals surface area contributed by atoms with E-state index in [0.29, 0.717) is 27.3 Å². The van der Waals surface area contributed by atoms with Crippen molar-refractivity contribution in [2.24, 2.45) is 0 Å². The van der Waals surface area contributed by atoms with Crippen molar-refractivity contribution in [2.75, 3.05) is 44.3 Å². The number of morpholine rings is 1. The second-order valence-electron chi connectivity index (χ2n) is 7.29. The van der Waals surface area contributed by atoms with Crippen molar-refractivity contribution in [1.82, 2.24) is 9.88 Å². The Balaban J connectivity index is 1.59. The van der Waals surface area contributed by atoms with Crippen LogP contribution in [-0.2, 0) is 4.74 Å². The number of halogens is 2. The highest BCUT2D eigenvalue weighted by molar-refractivity contribution is 7.22. The number of thiazole rings is 1. The van der Waals surface area contributed by atoms with Crippen LogP contribution in [0.1, 0.15) is 22.3 Å². The highest BCUT2D eigenvalue weighted by atomic mass is 35.5. The molecule has 1 aliphatic heterocycles. The van der Waals surface area contributed by atoms with Gasteiger partial charge in [-0.15, -0.1) is 0 Å². The molecule has 1 aromatic heterocycles. The number of rotatable bonds is 6. The Morgan fingerprint density at radius 1 is 1.17 bits per heavy atom. The van der Waals surface area contributed by atoms with Crippen molar-refractivity contribution < 1.29 is 9.53 Å². The maximum atomic E-state index is 13.4. The molecule has 158 valence electrons. The van der Waals surface area contributed by atoms with Gasteiger partial charge in [0.25, 0.3) is 5.91 Å². The summed E-state index contributed by atoms with van der Waals surface area (Å²) in [6, 6.07) is 10.8. The molecule has 0 unspecified atom stereocenters. The van der Waals surface area contributed by atoms with Crippen molar-refractivity contribution >= 4 is 55.8 Å². The molecule has 1 aliphatic rings. The Morgan fingerprint density at radius 2 is 1.90 bits per heavy atom. The van der Waals surface area contributed by atoms with Crippen LogP contribution < -0.4 is 4.90 Å². The number of anilines is 1. The number of fused-ring (bicyclic) bond motifs is 1. The van der Waals surface area contributed by atoms with Gasteiger partial charge in [-0.25, -0.2) is 4.98 Å². The summed E-state index contributed by atoms with van der Waals surface area (Å²) in [7, 11) is 0. The predicted octanol–water partition coefficient (Wildman–Crippen LogP) is 5.28. The third kappa shape index (κ3) is 4.79. The molecule has 0 N–H and O–H groups in total. The maximum Gasteiger partial charge on any atom is 0.260 e. The van der Waals surface area contributed by atoms with Crippen LogP contribution in [0, 0.1) is 6.92 Å². The first-order chi connectivity index (χ1) is 14.5. The van der Waals surface area contributed by atoms with E-state index < -0.39 is 0 Å². The summed E-state index contributed by atoms with van der Waals surface area (Å²) in [4.78, 5) is 22.3. The maximum absolute atomic E-state index is 13.4. The number of aromatic nitrogens is 1. The molecular formula is C22H23Cl2N3O2S. The number of hydrogen-bond acceptors (Lipinski definition) is 5. The van der Waals surface area contributed by atoms with Crippen LogP contribution in [0.4, 0.5) is 5.13 Å². The van der Waals surface area contributed by atoms with Gasteiger partial charge >= 0.3 is 0 Å². The molecule has 30 heavy (non-hydrogen) atoms. The summed E-state index contributed by atoms with van der Waals surface area (Å²) in [6.45, 7) is 6.87. The van der Waals surface area contributed by atoms with Gasteiger partial charge in [0.15, 0.2) is 5.13 Å². The molecular weight excluding hydrogens is 441 g/mol. The average Bonchev–Trinajstić information content (AvgIpc) is 3.19. The van der Waals surface area contributed by atoms with Crippen molar-refractivity contribution in [3.05, 3.63) is 57.6 Å². The number of nitrogens with zero attached hydrogens (tertiary/aromatic N) is 3. The second kappa shape index (κ2) is 9.62. The number of ether oxygens (including phenoxy) is 1. The van der Waals surface area contributed by atoms with E-state index in [9.17, 15) is 4.79 Å². The van der Waals surface area contributed by atoms with Gasteiger partial charge in [-0.2, -0.15) is 0 Å². The summed E-state index contributed by atoms with van der Waals surface area (Å²) in [5.41, 5.74) is 2.38. The van der Waals surface area contributed by atoms with Crippen molar-refractivity contribution in [2.45, 2.75) is 13.3 Å². The van der Waals surface area contributed by atoms with Crippen molar-refractivity contribution in [3.63, 3.8) is 0 Å². The lowest BCUT2D eigenvalue weighted by Gasteiger charge is -2.27. The van der Waals surface area contributed by atoms with Gasteiger partial charge in [-0.3, -0.25) is 14.6 Å². The zero-order valence-electron chi connectivity index (χ0n) is 16.7. The van der Waals surface area contributed by atoms with Gasteiger partial charge in [-0.05, 0) is 55.3 Å².